The van der Waals surface area contributed by atoms with Gasteiger partial charge in [-0.1, -0.05) is 117 Å². The molecule has 4 aromatic carbocycles. The van der Waals surface area contributed by atoms with Gasteiger partial charge in [-0.3, -0.25) is 67.6 Å². The zero-order valence-corrected chi connectivity index (χ0v) is 60.0. The molecule has 0 saturated heterocycles. The maximum Gasteiger partial charge on any atom is 0.339 e. The smallest absolute Gasteiger partial charge is 0.339 e. The first kappa shape index (κ1) is 78.9. The number of ketones is 4. The third-order valence-electron chi connectivity index (χ3n) is 20.1. The van der Waals surface area contributed by atoms with E-state index in [1.807, 2.05) is 84.9 Å². The SMILES string of the molecule is CC(=O)C[C@@H](CC(=O)O)C(=O)N[C@@H](CCC(=O)O)C(=O)C[C@H](C(=O)N[C@@H](CC(=O)O)C(=O)Cc1ccc2c(c1)OC1=CC(CC(=O)[C@H](CC(=O)O)NC(=O)[C@H](CCCCN(Cc3ccccn3)Cc3ccccn3)CC(=O)OCC3c4ccccc4-c4ccccc43)=CCC1C21OC(=O)c2ccccc21)C(C)C. The monoisotopic (exact) mass is 1470 g/mol. The molecule has 4 aliphatic rings. The maximum atomic E-state index is 14.8. The second kappa shape index (κ2) is 36.1. The van der Waals surface area contributed by atoms with Crippen molar-refractivity contribution in [3.8, 4) is 16.9 Å². The molecule has 26 nitrogen and oxygen atoms in total. The molecule has 108 heavy (non-hydrogen) atoms. The van der Waals surface area contributed by atoms with E-state index in [-0.39, 0.29) is 54.4 Å². The number of aliphatic carboxylic acids is 4. The Hall–Kier alpha value is -11.7. The summed E-state index contributed by atoms with van der Waals surface area (Å²) in [5.74, 6) is -17.6. The van der Waals surface area contributed by atoms with E-state index in [9.17, 15) is 82.8 Å². The van der Waals surface area contributed by atoms with E-state index >= 15 is 0 Å². The van der Waals surface area contributed by atoms with Crippen molar-refractivity contribution in [1.29, 1.82) is 0 Å². The van der Waals surface area contributed by atoms with Gasteiger partial charge in [0.05, 0.1) is 72.6 Å². The molecule has 2 aliphatic carbocycles. The minimum absolute atomic E-state index is 0.0117. The molecule has 0 fully saturated rings. The standard InChI is InChI=1S/C82H86N6O20/c1-47(2)60(41-70(92)65(29-30-73(93)94)85-79(103)52(34-48(3)89)39-74(95)96)80(104)87-67(43-76(99)100)69(91)36-50-26-28-64-72(38-50)107-71-37-49(25-27-63(71)82(64)62-24-9-8-23-59(62)81(105)108-82)35-68(90)66(42-75(97)98)86-78(102)51(16-12-15-33-88(44-53-17-10-13-31-83-53)45-54-18-11-14-32-84-54)40-77(101)106-46-61-57-21-6-4-19-55(57)56-20-5-7-22-58(56)61/h4-11,13-14,17-26,28,31-32,37-38,47,51-52,60-61,63,65-67H,12,15-16,27,29-30,33-36,39-46H2,1-3H3,(H,85,103)(H,86,102)(H,87,104)(H,93,94)(H,95,96)(H,97,98)(H,99,100)/t51-,52+,60+,63?,65+,66+,67+,82?/m1/s1. The van der Waals surface area contributed by atoms with Crippen LogP contribution in [-0.4, -0.2) is 143 Å². The van der Waals surface area contributed by atoms with Crippen LogP contribution < -0.4 is 20.7 Å². The van der Waals surface area contributed by atoms with E-state index in [1.54, 1.807) is 74.8 Å². The Balaban J connectivity index is 0.860. The van der Waals surface area contributed by atoms with Crippen molar-refractivity contribution in [2.75, 3.05) is 13.2 Å². The van der Waals surface area contributed by atoms with Crippen molar-refractivity contribution in [2.24, 2.45) is 29.6 Å². The van der Waals surface area contributed by atoms with Crippen molar-refractivity contribution >= 4 is 76.7 Å². The van der Waals surface area contributed by atoms with Crippen LogP contribution in [0.5, 0.6) is 5.75 Å². The molecule has 8 atom stereocenters. The normalized spacial score (nSPS) is 16.9. The third-order valence-corrected chi connectivity index (χ3v) is 20.1. The number of carboxylic acids is 4. The molecule has 26 heteroatoms. The van der Waals surface area contributed by atoms with Gasteiger partial charge in [0.15, 0.2) is 23.0 Å². The molecular weight excluding hydrogens is 1390 g/mol. The van der Waals surface area contributed by atoms with Gasteiger partial charge in [0.1, 0.15) is 23.9 Å². The largest absolute Gasteiger partial charge is 0.481 e. The third kappa shape index (κ3) is 19.9. The van der Waals surface area contributed by atoms with Crippen LogP contribution in [0.1, 0.15) is 160 Å². The Kier molecular flexibility index (Phi) is 26.4. The number of fused-ring (bicyclic) bond motifs is 9. The van der Waals surface area contributed by atoms with Gasteiger partial charge in [-0.15, -0.1) is 0 Å². The van der Waals surface area contributed by atoms with E-state index in [2.05, 4.69) is 30.8 Å². The number of Topliss-reactive ketones (excluding diaryl/α,β-unsaturated/α-hetero) is 4. The van der Waals surface area contributed by atoms with Crippen LogP contribution in [0.4, 0.5) is 0 Å². The summed E-state index contributed by atoms with van der Waals surface area (Å²) < 4.78 is 19.1. The lowest BCUT2D eigenvalue weighted by Crippen LogP contribution is -2.49. The molecule has 7 N–H and O–H groups in total. The zero-order chi connectivity index (χ0) is 77.3. The van der Waals surface area contributed by atoms with Gasteiger partial charge in [0, 0.05) is 86.5 Å². The van der Waals surface area contributed by atoms with Crippen LogP contribution in [0.2, 0.25) is 0 Å². The summed E-state index contributed by atoms with van der Waals surface area (Å²) in [5.41, 5.74) is 5.83. The van der Waals surface area contributed by atoms with Gasteiger partial charge < -0.3 is 55.4 Å². The number of nitrogens with zero attached hydrogens (tertiary/aromatic N) is 3. The first-order valence-corrected chi connectivity index (χ1v) is 36.0. The number of aromatic nitrogens is 2. The molecular formula is C82H86N6O20. The number of esters is 2. The summed E-state index contributed by atoms with van der Waals surface area (Å²) in [7, 11) is 0. The molecule has 10 rings (SSSR count). The highest BCUT2D eigenvalue weighted by atomic mass is 16.6. The van der Waals surface area contributed by atoms with Gasteiger partial charge >= 0.3 is 35.8 Å². The van der Waals surface area contributed by atoms with Crippen molar-refractivity contribution in [3.05, 3.63) is 208 Å². The van der Waals surface area contributed by atoms with Crippen molar-refractivity contribution in [1.82, 2.24) is 30.8 Å². The summed E-state index contributed by atoms with van der Waals surface area (Å²) in [5, 5.41) is 46.9. The number of rotatable bonds is 40. The number of pyridine rings is 2. The van der Waals surface area contributed by atoms with Crippen LogP contribution in [0, 0.1) is 29.6 Å². The van der Waals surface area contributed by atoms with Crippen LogP contribution in [0.15, 0.2) is 163 Å². The summed E-state index contributed by atoms with van der Waals surface area (Å²) in [6.07, 6.45) is 1.92. The van der Waals surface area contributed by atoms with E-state index < -0.39 is 188 Å². The number of carbonyl (C=O) groups is 13. The summed E-state index contributed by atoms with van der Waals surface area (Å²) in [6, 6.07) is 33.6. The number of ether oxygens (including phenoxy) is 3. The van der Waals surface area contributed by atoms with Crippen molar-refractivity contribution in [3.63, 3.8) is 0 Å². The molecule has 2 aliphatic heterocycles. The molecule has 2 unspecified atom stereocenters. The predicted octanol–water partition coefficient (Wildman–Crippen LogP) is 8.99. The van der Waals surface area contributed by atoms with Crippen LogP contribution >= 0.6 is 0 Å². The number of amides is 3. The van der Waals surface area contributed by atoms with Crippen LogP contribution in [0.3, 0.4) is 0 Å². The fraction of sp³-hybridized carbons (Fsp3) is 0.378. The van der Waals surface area contributed by atoms with E-state index in [0.717, 1.165) is 40.6 Å². The highest BCUT2D eigenvalue weighted by Gasteiger charge is 2.58. The zero-order valence-electron chi connectivity index (χ0n) is 60.0. The van der Waals surface area contributed by atoms with Gasteiger partial charge in [-0.25, -0.2) is 4.79 Å². The molecule has 6 aromatic rings. The first-order valence-electron chi connectivity index (χ1n) is 36.0. The number of unbranched alkanes of at least 4 members (excludes halogenated alkanes) is 1. The lowest BCUT2D eigenvalue weighted by Gasteiger charge is -2.43. The van der Waals surface area contributed by atoms with Gasteiger partial charge in [0.2, 0.25) is 17.7 Å². The Bertz CT molecular complexity index is 4390. The minimum Gasteiger partial charge on any atom is -0.481 e. The maximum absolute atomic E-state index is 14.8. The Morgan fingerprint density at radius 3 is 1.75 bits per heavy atom. The average molecular weight is 1480 g/mol. The highest BCUT2D eigenvalue weighted by Crippen LogP contribution is 2.58. The fourth-order valence-corrected chi connectivity index (χ4v) is 14.7. The molecule has 1 spiro atoms. The summed E-state index contributed by atoms with van der Waals surface area (Å²) in [4.78, 5) is 185. The number of carboxylic acid groups (broad SMARTS) is 4. The van der Waals surface area contributed by atoms with Gasteiger partial charge in [-0.05, 0) is 121 Å². The van der Waals surface area contributed by atoms with Gasteiger partial charge in [0.25, 0.3) is 0 Å². The van der Waals surface area contributed by atoms with Crippen LogP contribution in [0.25, 0.3) is 11.1 Å². The number of hydrogen-bond acceptors (Lipinski definition) is 19. The lowest BCUT2D eigenvalue weighted by molar-refractivity contribution is -0.148. The Labute approximate surface area is 622 Å². The quantitative estimate of drug-likeness (QED) is 0.0139. The van der Waals surface area contributed by atoms with Gasteiger partial charge in [-0.2, -0.15) is 0 Å². The van der Waals surface area contributed by atoms with E-state index in [0.29, 0.717) is 49.2 Å². The second-order valence-corrected chi connectivity index (χ2v) is 28.2. The molecule has 0 radical (unpaired) electrons. The average Bonchev–Trinajstić information content (AvgIpc) is 1.46. The number of nitrogens with one attached hydrogen (secondary N) is 3. The Morgan fingerprint density at radius 2 is 1.16 bits per heavy atom. The summed E-state index contributed by atoms with van der Waals surface area (Å²) in [6.45, 7) is 5.82. The van der Waals surface area contributed by atoms with E-state index in [4.69, 9.17) is 14.2 Å². The number of carbonyl (C=O) groups excluding carboxylic acids is 9. The number of allylic oxidation sites excluding steroid dienone is 3. The minimum atomic E-state index is -1.70. The lowest BCUT2D eigenvalue weighted by atomic mass is 9.69. The fourth-order valence-electron chi connectivity index (χ4n) is 14.7. The molecule has 4 heterocycles. The molecule has 3 amide bonds. The molecule has 2 aromatic heterocycles. The van der Waals surface area contributed by atoms with E-state index in [1.165, 1.54) is 6.07 Å². The second-order valence-electron chi connectivity index (χ2n) is 28.2. The summed E-state index contributed by atoms with van der Waals surface area (Å²) >= 11 is 0. The molecule has 564 valence electrons. The molecule has 0 saturated carbocycles. The van der Waals surface area contributed by atoms with Crippen molar-refractivity contribution < 1.29 is 97.0 Å². The highest BCUT2D eigenvalue weighted by molar-refractivity contribution is 5.99. The van der Waals surface area contributed by atoms with Crippen molar-refractivity contribution in [2.45, 2.75) is 153 Å². The topological polar surface area (TPSA) is 396 Å². The number of hydrogen-bond donors (Lipinski definition) is 7. The predicted molar refractivity (Wildman–Crippen MR) is 388 cm³/mol. The molecule has 0 bridgehead atoms. The number of benzene rings is 4. The first-order chi connectivity index (χ1) is 51.7. The van der Waals surface area contributed by atoms with Crippen LogP contribution in [-0.2, 0) is 92.1 Å². The Morgan fingerprint density at radius 1 is 0.583 bits per heavy atom.